The third kappa shape index (κ3) is 5.54. The van der Waals surface area contributed by atoms with Crippen molar-refractivity contribution in [3.8, 4) is 0 Å². The minimum atomic E-state index is -2.03. The molecule has 1 unspecified atom stereocenters. The van der Waals surface area contributed by atoms with Crippen molar-refractivity contribution >= 4 is 30.9 Å². The SMILES string of the molecule is CC(C)c1nc2c(c(I)c1C(O)c1ccc(F)cc1)[C@H](O[Si](C)(C)C(C)(C)C)CC(C)(C)C2. The van der Waals surface area contributed by atoms with Gasteiger partial charge >= 0.3 is 0 Å². The largest absolute Gasteiger partial charge is 0.410 e. The zero-order valence-corrected chi connectivity index (χ0v) is 24.7. The molecule has 6 heteroatoms. The first-order chi connectivity index (χ1) is 15.0. The lowest BCUT2D eigenvalue weighted by Crippen LogP contribution is -2.44. The lowest BCUT2D eigenvalue weighted by molar-refractivity contribution is 0.104. The third-order valence-corrected chi connectivity index (χ3v) is 12.9. The van der Waals surface area contributed by atoms with Crippen LogP contribution in [0.1, 0.15) is 101 Å². The van der Waals surface area contributed by atoms with E-state index in [-0.39, 0.29) is 28.3 Å². The standard InChI is InChI=1S/C27H39FINO2Si/c1-16(2)24-22(25(31)17-10-12-18(28)13-11-17)23(29)21-19(30-24)14-27(6,7)15-20(21)32-33(8,9)26(3,4)5/h10-13,16,20,25,31H,14-15H2,1-9H3/t20-,25?/m1/s1. The number of nitrogens with zero attached hydrogens (tertiary/aromatic N) is 1. The lowest BCUT2D eigenvalue weighted by Gasteiger charge is -2.44. The maximum absolute atomic E-state index is 13.5. The van der Waals surface area contributed by atoms with Crippen molar-refractivity contribution in [2.75, 3.05) is 0 Å². The van der Waals surface area contributed by atoms with Crippen molar-refractivity contribution in [3.63, 3.8) is 0 Å². The Bertz CT molecular complexity index is 1010. The van der Waals surface area contributed by atoms with Crippen LogP contribution in [0.4, 0.5) is 4.39 Å². The first-order valence-corrected chi connectivity index (χ1v) is 15.9. The van der Waals surface area contributed by atoms with Gasteiger partial charge in [-0.2, -0.15) is 0 Å². The van der Waals surface area contributed by atoms with Crippen LogP contribution in [0.2, 0.25) is 18.1 Å². The number of aliphatic hydroxyl groups excluding tert-OH is 1. The minimum Gasteiger partial charge on any atom is -0.410 e. The molecule has 2 aromatic rings. The summed E-state index contributed by atoms with van der Waals surface area (Å²) in [5.74, 6) is -0.155. The summed E-state index contributed by atoms with van der Waals surface area (Å²) in [6.45, 7) is 20.2. The van der Waals surface area contributed by atoms with Crippen LogP contribution >= 0.6 is 22.6 Å². The summed E-state index contributed by atoms with van der Waals surface area (Å²) in [6.07, 6.45) is 0.903. The molecule has 33 heavy (non-hydrogen) atoms. The van der Waals surface area contributed by atoms with E-state index in [9.17, 15) is 9.50 Å². The Kier molecular flexibility index (Phi) is 7.56. The van der Waals surface area contributed by atoms with Crippen LogP contribution in [0, 0.1) is 14.8 Å². The van der Waals surface area contributed by atoms with E-state index in [1.54, 1.807) is 12.1 Å². The van der Waals surface area contributed by atoms with E-state index < -0.39 is 14.4 Å². The highest BCUT2D eigenvalue weighted by atomic mass is 127. The minimum absolute atomic E-state index is 0.0515. The smallest absolute Gasteiger partial charge is 0.192 e. The van der Waals surface area contributed by atoms with Gasteiger partial charge in [-0.25, -0.2) is 4.39 Å². The normalized spacial score (nSPS) is 19.5. The average Bonchev–Trinajstić information content (AvgIpc) is 2.65. The van der Waals surface area contributed by atoms with Gasteiger partial charge in [-0.3, -0.25) is 4.98 Å². The maximum Gasteiger partial charge on any atom is 0.192 e. The number of aromatic nitrogens is 1. The Hall–Kier alpha value is -0.833. The predicted octanol–water partition coefficient (Wildman–Crippen LogP) is 8.07. The molecule has 1 aliphatic carbocycles. The van der Waals surface area contributed by atoms with Crippen LogP contribution in [0.3, 0.4) is 0 Å². The predicted molar refractivity (Wildman–Crippen MR) is 145 cm³/mol. The van der Waals surface area contributed by atoms with Crippen LogP contribution in [0.25, 0.3) is 0 Å². The van der Waals surface area contributed by atoms with Gasteiger partial charge in [-0.15, -0.1) is 0 Å². The molecule has 0 saturated heterocycles. The van der Waals surface area contributed by atoms with Gasteiger partial charge in [0.15, 0.2) is 8.32 Å². The summed E-state index contributed by atoms with van der Waals surface area (Å²) in [5, 5.41) is 11.5. The third-order valence-electron chi connectivity index (χ3n) is 7.27. The molecule has 3 rings (SSSR count). The molecule has 1 N–H and O–H groups in total. The summed E-state index contributed by atoms with van der Waals surface area (Å²) >= 11 is 2.39. The molecule has 0 saturated carbocycles. The first kappa shape index (κ1) is 26.8. The van der Waals surface area contributed by atoms with E-state index in [4.69, 9.17) is 9.41 Å². The van der Waals surface area contributed by atoms with Crippen LogP contribution in [0.5, 0.6) is 0 Å². The van der Waals surface area contributed by atoms with Gasteiger partial charge in [0.2, 0.25) is 0 Å². The molecule has 0 spiro atoms. The number of hydrogen-bond acceptors (Lipinski definition) is 3. The maximum atomic E-state index is 13.5. The molecule has 0 fully saturated rings. The molecule has 1 aromatic carbocycles. The van der Waals surface area contributed by atoms with Crippen molar-refractivity contribution in [2.24, 2.45) is 5.41 Å². The van der Waals surface area contributed by atoms with Crippen molar-refractivity contribution in [1.82, 2.24) is 4.98 Å². The lowest BCUT2D eigenvalue weighted by atomic mass is 9.74. The summed E-state index contributed by atoms with van der Waals surface area (Å²) in [5.41, 5.74) is 4.74. The Balaban J connectivity index is 2.21. The fourth-order valence-corrected chi connectivity index (χ4v) is 6.88. The molecular weight excluding hydrogens is 544 g/mol. The van der Waals surface area contributed by atoms with E-state index in [0.29, 0.717) is 5.56 Å². The average molecular weight is 584 g/mol. The van der Waals surface area contributed by atoms with Gasteiger partial charge in [0.25, 0.3) is 0 Å². The number of hydrogen-bond donors (Lipinski definition) is 1. The van der Waals surface area contributed by atoms with E-state index in [0.717, 1.165) is 38.9 Å². The molecule has 182 valence electrons. The van der Waals surface area contributed by atoms with Gasteiger partial charge in [0, 0.05) is 20.4 Å². The van der Waals surface area contributed by atoms with E-state index >= 15 is 0 Å². The number of halogens is 2. The Morgan fingerprint density at radius 3 is 2.27 bits per heavy atom. The molecule has 1 aliphatic rings. The van der Waals surface area contributed by atoms with Crippen molar-refractivity contribution in [2.45, 2.75) is 97.6 Å². The quantitative estimate of drug-likeness (QED) is 0.286. The van der Waals surface area contributed by atoms with E-state index in [1.807, 2.05) is 0 Å². The van der Waals surface area contributed by atoms with Crippen LogP contribution in [0.15, 0.2) is 24.3 Å². The van der Waals surface area contributed by atoms with Crippen molar-refractivity contribution in [1.29, 1.82) is 0 Å². The van der Waals surface area contributed by atoms with Gasteiger partial charge in [-0.1, -0.05) is 60.6 Å². The highest BCUT2D eigenvalue weighted by Crippen LogP contribution is 2.50. The second-order valence-electron chi connectivity index (χ2n) is 12.1. The number of pyridine rings is 1. The van der Waals surface area contributed by atoms with Crippen molar-refractivity contribution < 1.29 is 13.9 Å². The Labute approximate surface area is 213 Å². The molecule has 0 amide bonds. The van der Waals surface area contributed by atoms with Crippen LogP contribution in [-0.4, -0.2) is 18.4 Å². The zero-order chi connectivity index (χ0) is 24.9. The zero-order valence-electron chi connectivity index (χ0n) is 21.5. The second-order valence-corrected chi connectivity index (χ2v) is 17.9. The molecule has 1 aromatic heterocycles. The van der Waals surface area contributed by atoms with Gasteiger partial charge in [-0.05, 0) is 82.6 Å². The molecule has 0 radical (unpaired) electrons. The number of benzene rings is 1. The highest BCUT2D eigenvalue weighted by Gasteiger charge is 2.44. The Morgan fingerprint density at radius 2 is 1.76 bits per heavy atom. The summed E-state index contributed by atoms with van der Waals surface area (Å²) < 4.78 is 21.6. The summed E-state index contributed by atoms with van der Waals surface area (Å²) in [6, 6.07) is 6.12. The molecule has 2 atom stereocenters. The molecule has 0 bridgehead atoms. The van der Waals surface area contributed by atoms with Crippen molar-refractivity contribution in [3.05, 3.63) is 61.7 Å². The second kappa shape index (κ2) is 9.32. The summed E-state index contributed by atoms with van der Waals surface area (Å²) in [7, 11) is -2.03. The van der Waals surface area contributed by atoms with Crippen LogP contribution in [-0.2, 0) is 10.8 Å². The molecule has 3 nitrogen and oxygen atoms in total. The summed E-state index contributed by atoms with van der Waals surface area (Å²) in [4.78, 5) is 5.17. The number of fused-ring (bicyclic) bond motifs is 1. The van der Waals surface area contributed by atoms with Gasteiger partial charge < -0.3 is 9.53 Å². The monoisotopic (exact) mass is 583 g/mol. The Morgan fingerprint density at radius 1 is 1.18 bits per heavy atom. The highest BCUT2D eigenvalue weighted by molar-refractivity contribution is 14.1. The molecular formula is C27H39FINO2Si. The van der Waals surface area contributed by atoms with E-state index in [1.165, 1.54) is 12.1 Å². The topological polar surface area (TPSA) is 42.4 Å². The fraction of sp³-hybridized carbons (Fsp3) is 0.593. The van der Waals surface area contributed by atoms with Gasteiger partial charge in [0.1, 0.15) is 11.9 Å². The fourth-order valence-electron chi connectivity index (χ4n) is 4.39. The molecule has 0 aliphatic heterocycles. The van der Waals surface area contributed by atoms with Gasteiger partial charge in [0.05, 0.1) is 11.8 Å². The van der Waals surface area contributed by atoms with Crippen LogP contribution < -0.4 is 0 Å². The van der Waals surface area contributed by atoms with E-state index in [2.05, 4.69) is 84.2 Å². The first-order valence-electron chi connectivity index (χ1n) is 11.9. The number of aliphatic hydroxyl groups is 1. The number of rotatable bonds is 5. The molecule has 1 heterocycles.